The second-order valence-electron chi connectivity index (χ2n) is 5.76. The number of hydrogen-bond donors (Lipinski definition) is 1. The quantitative estimate of drug-likeness (QED) is 0.846. The minimum Gasteiger partial charge on any atom is -0.494 e. The molecule has 2 rings (SSSR count). The Hall–Kier alpha value is -1.02. The molecule has 2 nitrogen and oxygen atoms in total. The number of hydrogen-bond acceptors (Lipinski definition) is 2. The summed E-state index contributed by atoms with van der Waals surface area (Å²) in [5, 5.41) is 3.63. The van der Waals surface area contributed by atoms with Crippen molar-refractivity contribution in [2.45, 2.75) is 40.2 Å². The van der Waals surface area contributed by atoms with Crippen LogP contribution >= 0.6 is 0 Å². The Kier molecular flexibility index (Phi) is 3.43. The van der Waals surface area contributed by atoms with Gasteiger partial charge in [-0.15, -0.1) is 0 Å². The van der Waals surface area contributed by atoms with Gasteiger partial charge in [0.2, 0.25) is 0 Å². The van der Waals surface area contributed by atoms with Crippen LogP contribution in [0.15, 0.2) is 18.2 Å². The molecule has 0 amide bonds. The lowest BCUT2D eigenvalue weighted by atomic mass is 9.78. The Morgan fingerprint density at radius 1 is 1.35 bits per heavy atom. The Morgan fingerprint density at radius 2 is 2.12 bits per heavy atom. The molecule has 0 fully saturated rings. The van der Waals surface area contributed by atoms with Crippen LogP contribution in [0.1, 0.15) is 44.9 Å². The first kappa shape index (κ1) is 12.4. The molecule has 1 aromatic carbocycles. The molecule has 1 atom stereocenters. The molecule has 2 heteroatoms. The van der Waals surface area contributed by atoms with Crippen LogP contribution < -0.4 is 10.1 Å². The zero-order valence-corrected chi connectivity index (χ0v) is 11.3. The molecule has 1 aromatic rings. The second-order valence-corrected chi connectivity index (χ2v) is 5.76. The highest BCUT2D eigenvalue weighted by molar-refractivity contribution is 5.44. The van der Waals surface area contributed by atoms with Gasteiger partial charge in [-0.1, -0.05) is 32.9 Å². The summed E-state index contributed by atoms with van der Waals surface area (Å²) in [6.07, 6.45) is 1.07. The maximum absolute atomic E-state index is 5.74. The van der Waals surface area contributed by atoms with Gasteiger partial charge in [-0.05, 0) is 36.9 Å². The van der Waals surface area contributed by atoms with E-state index in [-0.39, 0.29) is 5.41 Å². The molecule has 1 aliphatic rings. The van der Waals surface area contributed by atoms with E-state index < -0.39 is 0 Å². The van der Waals surface area contributed by atoms with E-state index in [1.165, 1.54) is 11.1 Å². The highest BCUT2D eigenvalue weighted by Gasteiger charge is 2.31. The third-order valence-corrected chi connectivity index (χ3v) is 3.37. The van der Waals surface area contributed by atoms with Gasteiger partial charge in [0, 0.05) is 11.6 Å². The van der Waals surface area contributed by atoms with Gasteiger partial charge in [0.1, 0.15) is 5.75 Å². The van der Waals surface area contributed by atoms with E-state index in [1.54, 1.807) is 0 Å². The summed E-state index contributed by atoms with van der Waals surface area (Å²) < 4.78 is 5.74. The van der Waals surface area contributed by atoms with Crippen molar-refractivity contribution in [3.8, 4) is 5.75 Å². The molecule has 0 radical (unpaired) electrons. The molecular weight excluding hydrogens is 210 g/mol. The van der Waals surface area contributed by atoms with E-state index in [9.17, 15) is 0 Å². The van der Waals surface area contributed by atoms with Crippen LogP contribution in [-0.2, 0) is 6.42 Å². The standard InChI is InChI=1S/C15H23NO/c1-5-17-13-8-6-7-12-11(13)9-10-16-14(12)15(2,3)4/h6-8,14,16H,5,9-10H2,1-4H3. The summed E-state index contributed by atoms with van der Waals surface area (Å²) in [5.74, 6) is 1.07. The van der Waals surface area contributed by atoms with Crippen molar-refractivity contribution in [2.24, 2.45) is 5.41 Å². The molecule has 1 N–H and O–H groups in total. The summed E-state index contributed by atoms with van der Waals surface area (Å²) in [5.41, 5.74) is 3.04. The number of ether oxygens (including phenoxy) is 1. The van der Waals surface area contributed by atoms with Gasteiger partial charge < -0.3 is 10.1 Å². The predicted octanol–water partition coefficient (Wildman–Crippen LogP) is 3.32. The van der Waals surface area contributed by atoms with Crippen molar-refractivity contribution in [2.75, 3.05) is 13.2 Å². The monoisotopic (exact) mass is 233 g/mol. The Balaban J connectivity index is 2.42. The Morgan fingerprint density at radius 3 is 2.76 bits per heavy atom. The fourth-order valence-electron chi connectivity index (χ4n) is 2.64. The van der Waals surface area contributed by atoms with Crippen molar-refractivity contribution in [3.63, 3.8) is 0 Å². The fourth-order valence-corrected chi connectivity index (χ4v) is 2.64. The average molecular weight is 233 g/mol. The van der Waals surface area contributed by atoms with Crippen molar-refractivity contribution >= 4 is 0 Å². The van der Waals surface area contributed by atoms with E-state index in [2.05, 4.69) is 44.3 Å². The van der Waals surface area contributed by atoms with Gasteiger partial charge in [0.15, 0.2) is 0 Å². The van der Waals surface area contributed by atoms with Crippen LogP contribution in [-0.4, -0.2) is 13.2 Å². The predicted molar refractivity (Wildman–Crippen MR) is 71.5 cm³/mol. The molecule has 0 saturated carbocycles. The number of nitrogens with one attached hydrogen (secondary N) is 1. The first-order valence-electron chi connectivity index (χ1n) is 6.52. The molecule has 94 valence electrons. The molecule has 0 spiro atoms. The van der Waals surface area contributed by atoms with Gasteiger partial charge in [0.25, 0.3) is 0 Å². The summed E-state index contributed by atoms with van der Waals surface area (Å²) in [6, 6.07) is 6.86. The Bertz CT molecular complexity index is 392. The molecule has 1 heterocycles. The fraction of sp³-hybridized carbons (Fsp3) is 0.600. The van der Waals surface area contributed by atoms with Gasteiger partial charge in [-0.2, -0.15) is 0 Å². The SMILES string of the molecule is CCOc1cccc2c1CCNC2C(C)(C)C. The van der Waals surface area contributed by atoms with E-state index in [0.717, 1.165) is 25.3 Å². The maximum atomic E-state index is 5.74. The lowest BCUT2D eigenvalue weighted by molar-refractivity contribution is 0.259. The van der Waals surface area contributed by atoms with Gasteiger partial charge >= 0.3 is 0 Å². The van der Waals surface area contributed by atoms with Crippen LogP contribution in [0.2, 0.25) is 0 Å². The van der Waals surface area contributed by atoms with Crippen molar-refractivity contribution in [1.82, 2.24) is 5.32 Å². The van der Waals surface area contributed by atoms with Crippen LogP contribution in [0.3, 0.4) is 0 Å². The van der Waals surface area contributed by atoms with Crippen molar-refractivity contribution < 1.29 is 4.74 Å². The summed E-state index contributed by atoms with van der Waals surface area (Å²) in [6.45, 7) is 10.7. The zero-order chi connectivity index (χ0) is 12.5. The van der Waals surface area contributed by atoms with Gasteiger partial charge in [-0.3, -0.25) is 0 Å². The maximum Gasteiger partial charge on any atom is 0.122 e. The van der Waals surface area contributed by atoms with Crippen LogP contribution in [0.5, 0.6) is 5.75 Å². The van der Waals surface area contributed by atoms with Crippen molar-refractivity contribution in [3.05, 3.63) is 29.3 Å². The highest BCUT2D eigenvalue weighted by Crippen LogP contribution is 2.39. The van der Waals surface area contributed by atoms with Crippen molar-refractivity contribution in [1.29, 1.82) is 0 Å². The molecule has 0 aromatic heterocycles. The molecular formula is C15H23NO. The first-order valence-corrected chi connectivity index (χ1v) is 6.52. The third-order valence-electron chi connectivity index (χ3n) is 3.37. The molecule has 17 heavy (non-hydrogen) atoms. The smallest absolute Gasteiger partial charge is 0.122 e. The minimum atomic E-state index is 0.236. The molecule has 1 aliphatic heterocycles. The Labute approximate surface area is 104 Å². The van der Waals surface area contributed by atoms with Crippen LogP contribution in [0.25, 0.3) is 0 Å². The molecule has 0 bridgehead atoms. The summed E-state index contributed by atoms with van der Waals surface area (Å²) in [4.78, 5) is 0. The number of fused-ring (bicyclic) bond motifs is 1. The summed E-state index contributed by atoms with van der Waals surface area (Å²) >= 11 is 0. The molecule has 1 unspecified atom stereocenters. The lowest BCUT2D eigenvalue weighted by Gasteiger charge is -2.37. The average Bonchev–Trinajstić information content (AvgIpc) is 2.28. The first-order chi connectivity index (χ1) is 8.04. The van der Waals surface area contributed by atoms with Crippen LogP contribution in [0, 0.1) is 5.41 Å². The highest BCUT2D eigenvalue weighted by atomic mass is 16.5. The number of benzene rings is 1. The molecule has 0 aliphatic carbocycles. The van der Waals surface area contributed by atoms with E-state index in [4.69, 9.17) is 4.74 Å². The second kappa shape index (κ2) is 4.69. The lowest BCUT2D eigenvalue weighted by Crippen LogP contribution is -2.38. The molecule has 0 saturated heterocycles. The number of rotatable bonds is 2. The largest absolute Gasteiger partial charge is 0.494 e. The zero-order valence-electron chi connectivity index (χ0n) is 11.3. The normalized spacial score (nSPS) is 19.9. The summed E-state index contributed by atoms with van der Waals surface area (Å²) in [7, 11) is 0. The van der Waals surface area contributed by atoms with Gasteiger partial charge in [-0.25, -0.2) is 0 Å². The topological polar surface area (TPSA) is 21.3 Å². The van der Waals surface area contributed by atoms with Gasteiger partial charge in [0.05, 0.1) is 6.61 Å². The van der Waals surface area contributed by atoms with E-state index >= 15 is 0 Å². The minimum absolute atomic E-state index is 0.236. The third kappa shape index (κ3) is 2.47. The van der Waals surface area contributed by atoms with Crippen LogP contribution in [0.4, 0.5) is 0 Å². The van der Waals surface area contributed by atoms with E-state index in [0.29, 0.717) is 6.04 Å². The van der Waals surface area contributed by atoms with E-state index in [1.807, 2.05) is 6.92 Å².